The molecular weight excluding hydrogens is 178 g/mol. The van der Waals surface area contributed by atoms with E-state index in [0.717, 1.165) is 0 Å². The van der Waals surface area contributed by atoms with Crippen LogP contribution < -0.4 is 5.32 Å². The fourth-order valence-electron chi connectivity index (χ4n) is 0.801. The lowest BCUT2D eigenvalue weighted by Crippen LogP contribution is -1.86. The van der Waals surface area contributed by atoms with Gasteiger partial charge in [-0.05, 0) is 30.9 Å². The number of anilines is 1. The molecule has 2 heteroatoms. The lowest BCUT2D eigenvalue weighted by molar-refractivity contribution is 1.43. The summed E-state index contributed by atoms with van der Waals surface area (Å²) in [6.45, 7) is 6.08. The van der Waals surface area contributed by atoms with Gasteiger partial charge in [-0.15, -0.1) is 0 Å². The van der Waals surface area contributed by atoms with E-state index < -0.39 is 0 Å². The van der Waals surface area contributed by atoms with Crippen molar-refractivity contribution >= 4 is 18.3 Å². The minimum Gasteiger partial charge on any atom is -0.388 e. The molecule has 0 unspecified atom stereocenters. The van der Waals surface area contributed by atoms with E-state index in [4.69, 9.17) is 0 Å². The van der Waals surface area contributed by atoms with Crippen LogP contribution in [0.2, 0.25) is 0 Å². The number of hydrogen-bond donors (Lipinski definition) is 2. The average Bonchev–Trinajstić information content (AvgIpc) is 2.24. The van der Waals surface area contributed by atoms with Gasteiger partial charge in [-0.1, -0.05) is 26.0 Å². The molecule has 1 nitrogen and oxygen atoms in total. The van der Waals surface area contributed by atoms with E-state index >= 15 is 0 Å². The van der Waals surface area contributed by atoms with Crippen LogP contribution >= 0.6 is 12.6 Å². The second-order valence-corrected chi connectivity index (χ2v) is 2.12. The molecule has 1 aromatic rings. The summed E-state index contributed by atoms with van der Waals surface area (Å²) in [5, 5.41) is 3.07. The molecule has 0 fully saturated rings. The maximum atomic E-state index is 3.53. The van der Waals surface area contributed by atoms with Gasteiger partial charge < -0.3 is 5.32 Å². The van der Waals surface area contributed by atoms with Gasteiger partial charge in [-0.25, -0.2) is 0 Å². The molecule has 0 aliphatic rings. The van der Waals surface area contributed by atoms with Crippen LogP contribution in [-0.2, 0) is 0 Å². The fraction of sp³-hybridized carbons (Fsp3) is 0.455. The highest BCUT2D eigenvalue weighted by Crippen LogP contribution is 2.07. The van der Waals surface area contributed by atoms with Gasteiger partial charge in [0.05, 0.1) is 0 Å². The van der Waals surface area contributed by atoms with E-state index in [-0.39, 0.29) is 0 Å². The zero-order chi connectivity index (χ0) is 10.7. The molecule has 0 aliphatic heterocycles. The highest BCUT2D eigenvalue weighted by Gasteiger charge is 1.84. The first-order chi connectivity index (χ1) is 6.33. The highest BCUT2D eigenvalue weighted by molar-refractivity contribution is 7.79. The molecule has 0 amide bonds. The van der Waals surface area contributed by atoms with E-state index in [2.05, 4.69) is 37.0 Å². The first kappa shape index (κ1) is 14.9. The molecule has 1 N–H and O–H groups in total. The van der Waals surface area contributed by atoms with E-state index in [0.29, 0.717) is 0 Å². The molecule has 0 saturated heterocycles. The first-order valence-corrected chi connectivity index (χ1v) is 5.41. The number of nitrogens with one attached hydrogen (secondary N) is 1. The Balaban J connectivity index is 0. The molecule has 76 valence electrons. The third kappa shape index (κ3) is 7.72. The summed E-state index contributed by atoms with van der Waals surface area (Å²) in [6, 6.07) is 8.29. The monoisotopic (exact) mass is 199 g/mol. The van der Waals surface area contributed by atoms with Gasteiger partial charge >= 0.3 is 0 Å². The maximum Gasteiger partial charge on any atom is 0.0340 e. The largest absolute Gasteiger partial charge is 0.388 e. The van der Waals surface area contributed by atoms with Crippen LogP contribution in [0.1, 0.15) is 19.4 Å². The SMILES string of the molecule is CC.CNc1cccc(C)c1.CS. The molecule has 1 aromatic carbocycles. The lowest BCUT2D eigenvalue weighted by Gasteiger charge is -1.98. The van der Waals surface area contributed by atoms with Gasteiger partial charge in [0.15, 0.2) is 0 Å². The molecule has 0 heterocycles. The Morgan fingerprint density at radius 1 is 1.15 bits per heavy atom. The predicted octanol–water partition coefficient (Wildman–Crippen LogP) is 3.61. The normalized spacial score (nSPS) is 7.23. The van der Waals surface area contributed by atoms with Crippen molar-refractivity contribution in [1.29, 1.82) is 0 Å². The quantitative estimate of drug-likeness (QED) is 0.658. The Kier molecular flexibility index (Phi) is 13.0. The van der Waals surface area contributed by atoms with Crippen LogP contribution in [0.5, 0.6) is 0 Å². The summed E-state index contributed by atoms with van der Waals surface area (Å²) >= 11 is 3.53. The summed E-state index contributed by atoms with van der Waals surface area (Å²) in [5.41, 5.74) is 2.47. The van der Waals surface area contributed by atoms with Crippen LogP contribution in [0.4, 0.5) is 5.69 Å². The van der Waals surface area contributed by atoms with Crippen LogP contribution in [0.15, 0.2) is 24.3 Å². The third-order valence-electron chi connectivity index (χ3n) is 1.31. The van der Waals surface area contributed by atoms with Crippen LogP contribution in [0, 0.1) is 6.92 Å². The smallest absolute Gasteiger partial charge is 0.0340 e. The van der Waals surface area contributed by atoms with Crippen molar-refractivity contribution in [1.82, 2.24) is 0 Å². The van der Waals surface area contributed by atoms with Gasteiger partial charge in [0, 0.05) is 12.7 Å². The van der Waals surface area contributed by atoms with Crippen molar-refractivity contribution in [3.05, 3.63) is 29.8 Å². The molecule has 0 atom stereocenters. The van der Waals surface area contributed by atoms with Crippen molar-refractivity contribution in [3.8, 4) is 0 Å². The molecule has 0 spiro atoms. The molecule has 0 radical (unpaired) electrons. The summed E-state index contributed by atoms with van der Waals surface area (Å²) in [4.78, 5) is 0. The van der Waals surface area contributed by atoms with Crippen LogP contribution in [0.25, 0.3) is 0 Å². The zero-order valence-electron chi connectivity index (χ0n) is 9.26. The second kappa shape index (κ2) is 11.4. The summed E-state index contributed by atoms with van der Waals surface area (Å²) in [5.74, 6) is 0. The Hall–Kier alpha value is -0.630. The first-order valence-electron chi connectivity index (χ1n) is 4.52. The van der Waals surface area contributed by atoms with Gasteiger partial charge in [0.1, 0.15) is 0 Å². The number of aryl methyl sites for hydroxylation is 1. The van der Waals surface area contributed by atoms with Crippen molar-refractivity contribution in [3.63, 3.8) is 0 Å². The standard InChI is InChI=1S/C8H11N.C2H6.CH4S/c1-7-4-3-5-8(6-7)9-2;2*1-2/h3-6,9H,1-2H3;1-2H3;2H,1H3. The van der Waals surface area contributed by atoms with Crippen LogP contribution in [0.3, 0.4) is 0 Å². The van der Waals surface area contributed by atoms with E-state index in [1.54, 1.807) is 6.26 Å². The van der Waals surface area contributed by atoms with E-state index in [9.17, 15) is 0 Å². The van der Waals surface area contributed by atoms with Crippen LogP contribution in [-0.4, -0.2) is 13.3 Å². The number of benzene rings is 1. The van der Waals surface area contributed by atoms with Crippen molar-refractivity contribution in [2.45, 2.75) is 20.8 Å². The molecule has 1 rings (SSSR count). The summed E-state index contributed by atoms with van der Waals surface area (Å²) in [6.07, 6.45) is 1.69. The Bertz CT molecular complexity index is 199. The number of rotatable bonds is 1. The van der Waals surface area contributed by atoms with Gasteiger partial charge in [-0.3, -0.25) is 0 Å². The Morgan fingerprint density at radius 3 is 2.00 bits per heavy atom. The summed E-state index contributed by atoms with van der Waals surface area (Å²) in [7, 11) is 1.93. The fourth-order valence-corrected chi connectivity index (χ4v) is 0.801. The topological polar surface area (TPSA) is 12.0 Å². The highest BCUT2D eigenvalue weighted by atomic mass is 32.1. The Labute approximate surface area is 88.0 Å². The van der Waals surface area contributed by atoms with Crippen molar-refractivity contribution in [2.24, 2.45) is 0 Å². The molecule has 0 aliphatic carbocycles. The van der Waals surface area contributed by atoms with E-state index in [1.807, 2.05) is 33.0 Å². The zero-order valence-corrected chi connectivity index (χ0v) is 10.2. The minimum absolute atomic E-state index is 1.18. The molecule has 0 saturated carbocycles. The minimum atomic E-state index is 1.18. The summed E-state index contributed by atoms with van der Waals surface area (Å²) < 4.78 is 0. The molecule has 0 aromatic heterocycles. The van der Waals surface area contributed by atoms with Gasteiger partial charge in [-0.2, -0.15) is 12.6 Å². The number of hydrogen-bond acceptors (Lipinski definition) is 2. The Morgan fingerprint density at radius 2 is 1.69 bits per heavy atom. The van der Waals surface area contributed by atoms with Crippen molar-refractivity contribution in [2.75, 3.05) is 18.6 Å². The van der Waals surface area contributed by atoms with Crippen molar-refractivity contribution < 1.29 is 0 Å². The van der Waals surface area contributed by atoms with Gasteiger partial charge in [0.2, 0.25) is 0 Å². The molecule has 13 heavy (non-hydrogen) atoms. The molecule has 0 bridgehead atoms. The number of thiol groups is 1. The maximum absolute atomic E-state index is 3.53. The lowest BCUT2D eigenvalue weighted by atomic mass is 10.2. The predicted molar refractivity (Wildman–Crippen MR) is 67.0 cm³/mol. The second-order valence-electron chi connectivity index (χ2n) is 2.12. The van der Waals surface area contributed by atoms with Gasteiger partial charge in [0.25, 0.3) is 0 Å². The molecular formula is C11H21NS. The van der Waals surface area contributed by atoms with E-state index in [1.165, 1.54) is 11.3 Å². The third-order valence-corrected chi connectivity index (χ3v) is 1.31. The average molecular weight is 199 g/mol.